The molecule has 0 unspecified atom stereocenters. The SMILES string of the molecule is c1ccc(-c2cc(-c3cccc(-c4nc(-c5cccnc5)nc(-c5cccnc5)n4)c3)c3c(ccc4ccccc43)n2)cc1. The molecule has 0 aliphatic carbocycles. The molecule has 0 atom stereocenters. The van der Waals surface area contributed by atoms with E-state index in [4.69, 9.17) is 19.9 Å². The maximum absolute atomic E-state index is 5.11. The number of pyridine rings is 3. The Labute approximate surface area is 253 Å². The topological polar surface area (TPSA) is 77.3 Å². The van der Waals surface area contributed by atoms with Crippen LogP contribution in [0.2, 0.25) is 0 Å². The molecule has 8 aromatic rings. The zero-order chi connectivity index (χ0) is 29.3. The summed E-state index contributed by atoms with van der Waals surface area (Å²) in [4.78, 5) is 28.3. The second-order valence-corrected chi connectivity index (χ2v) is 10.5. The summed E-state index contributed by atoms with van der Waals surface area (Å²) in [6.45, 7) is 0. The molecule has 0 amide bonds. The van der Waals surface area contributed by atoms with Crippen molar-refractivity contribution in [2.75, 3.05) is 0 Å². The van der Waals surface area contributed by atoms with Crippen LogP contribution in [-0.4, -0.2) is 29.9 Å². The fraction of sp³-hybridized carbons (Fsp3) is 0. The summed E-state index contributed by atoms with van der Waals surface area (Å²) < 4.78 is 0. The minimum absolute atomic E-state index is 0.555. The van der Waals surface area contributed by atoms with Crippen molar-refractivity contribution in [3.63, 3.8) is 0 Å². The molecule has 44 heavy (non-hydrogen) atoms. The summed E-state index contributed by atoms with van der Waals surface area (Å²) >= 11 is 0. The van der Waals surface area contributed by atoms with E-state index in [0.717, 1.165) is 55.4 Å². The van der Waals surface area contributed by atoms with Gasteiger partial charge in [0.25, 0.3) is 0 Å². The molecular weight excluding hydrogens is 540 g/mol. The van der Waals surface area contributed by atoms with Gasteiger partial charge >= 0.3 is 0 Å². The van der Waals surface area contributed by atoms with Gasteiger partial charge in [0.15, 0.2) is 17.5 Å². The lowest BCUT2D eigenvalue weighted by Crippen LogP contribution is -2.00. The first kappa shape index (κ1) is 25.6. The van der Waals surface area contributed by atoms with Crippen molar-refractivity contribution in [1.29, 1.82) is 0 Å². The van der Waals surface area contributed by atoms with Crippen molar-refractivity contribution in [2.24, 2.45) is 0 Å². The summed E-state index contributed by atoms with van der Waals surface area (Å²) in [5.41, 5.74) is 7.60. The quantitative estimate of drug-likeness (QED) is 0.195. The Morgan fingerprint density at radius 3 is 1.73 bits per heavy atom. The van der Waals surface area contributed by atoms with E-state index >= 15 is 0 Å². The molecular formula is C38H24N6. The lowest BCUT2D eigenvalue weighted by atomic mass is 9.93. The zero-order valence-corrected chi connectivity index (χ0v) is 23.5. The van der Waals surface area contributed by atoms with Crippen molar-refractivity contribution in [1.82, 2.24) is 29.9 Å². The molecule has 8 rings (SSSR count). The number of hydrogen-bond acceptors (Lipinski definition) is 6. The van der Waals surface area contributed by atoms with Crippen molar-refractivity contribution in [3.05, 3.63) is 146 Å². The third-order valence-corrected chi connectivity index (χ3v) is 7.67. The minimum Gasteiger partial charge on any atom is -0.264 e. The van der Waals surface area contributed by atoms with E-state index in [1.54, 1.807) is 24.8 Å². The fourth-order valence-corrected chi connectivity index (χ4v) is 5.57. The zero-order valence-electron chi connectivity index (χ0n) is 23.5. The predicted molar refractivity (Wildman–Crippen MR) is 175 cm³/mol. The van der Waals surface area contributed by atoms with E-state index < -0.39 is 0 Å². The van der Waals surface area contributed by atoms with Gasteiger partial charge in [-0.05, 0) is 64.4 Å². The Hall–Kier alpha value is -6.14. The first-order valence-electron chi connectivity index (χ1n) is 14.4. The summed E-state index contributed by atoms with van der Waals surface area (Å²) in [7, 11) is 0. The van der Waals surface area contributed by atoms with Crippen LogP contribution in [0.15, 0.2) is 146 Å². The van der Waals surface area contributed by atoms with E-state index in [1.165, 1.54) is 5.39 Å². The normalized spacial score (nSPS) is 11.2. The molecule has 4 heterocycles. The monoisotopic (exact) mass is 564 g/mol. The lowest BCUT2D eigenvalue weighted by Gasteiger charge is -2.14. The van der Waals surface area contributed by atoms with Crippen LogP contribution in [0.3, 0.4) is 0 Å². The van der Waals surface area contributed by atoms with Gasteiger partial charge in [-0.3, -0.25) is 9.97 Å². The number of fused-ring (bicyclic) bond motifs is 3. The van der Waals surface area contributed by atoms with Gasteiger partial charge in [-0.1, -0.05) is 78.9 Å². The van der Waals surface area contributed by atoms with Crippen LogP contribution >= 0.6 is 0 Å². The van der Waals surface area contributed by atoms with E-state index in [2.05, 4.69) is 82.8 Å². The highest BCUT2D eigenvalue weighted by molar-refractivity contribution is 6.14. The fourth-order valence-electron chi connectivity index (χ4n) is 5.57. The van der Waals surface area contributed by atoms with E-state index in [-0.39, 0.29) is 0 Å². The average Bonchev–Trinajstić information content (AvgIpc) is 3.12. The van der Waals surface area contributed by atoms with Crippen LogP contribution in [0, 0.1) is 0 Å². The number of nitrogens with zero attached hydrogens (tertiary/aromatic N) is 6. The smallest absolute Gasteiger partial charge is 0.165 e. The Morgan fingerprint density at radius 1 is 0.409 bits per heavy atom. The van der Waals surface area contributed by atoms with Crippen LogP contribution in [0.25, 0.3) is 78.2 Å². The van der Waals surface area contributed by atoms with Crippen LogP contribution in [0.5, 0.6) is 0 Å². The standard InChI is InChI=1S/C38H24N6/c1-2-10-26(11-3-1)34-22-32(35-31-16-5-4-9-25(31)17-18-33(35)41-34)27-12-6-13-28(21-27)36-42-37(29-14-7-19-39-23-29)44-38(43-36)30-15-8-20-40-24-30/h1-24H. The number of rotatable bonds is 5. The molecule has 0 fully saturated rings. The average molecular weight is 565 g/mol. The van der Waals surface area contributed by atoms with Crippen LogP contribution in [0.1, 0.15) is 0 Å². The number of aromatic nitrogens is 6. The Morgan fingerprint density at radius 2 is 1.02 bits per heavy atom. The summed E-state index contributed by atoms with van der Waals surface area (Å²) in [5.74, 6) is 1.68. The highest BCUT2D eigenvalue weighted by Gasteiger charge is 2.16. The van der Waals surface area contributed by atoms with Crippen molar-refractivity contribution in [2.45, 2.75) is 0 Å². The van der Waals surface area contributed by atoms with Gasteiger partial charge in [-0.2, -0.15) is 0 Å². The number of benzene rings is 4. The molecule has 0 N–H and O–H groups in total. The van der Waals surface area contributed by atoms with Gasteiger partial charge < -0.3 is 0 Å². The van der Waals surface area contributed by atoms with Crippen LogP contribution in [-0.2, 0) is 0 Å². The van der Waals surface area contributed by atoms with E-state index in [1.807, 2.05) is 48.5 Å². The van der Waals surface area contributed by atoms with E-state index in [9.17, 15) is 0 Å². The van der Waals surface area contributed by atoms with Gasteiger partial charge in [0.05, 0.1) is 11.2 Å². The second kappa shape index (κ2) is 10.9. The second-order valence-electron chi connectivity index (χ2n) is 10.5. The van der Waals surface area contributed by atoms with E-state index in [0.29, 0.717) is 17.5 Å². The van der Waals surface area contributed by atoms with Crippen molar-refractivity contribution >= 4 is 21.7 Å². The third-order valence-electron chi connectivity index (χ3n) is 7.67. The van der Waals surface area contributed by atoms with Gasteiger partial charge in [-0.25, -0.2) is 19.9 Å². The highest BCUT2D eigenvalue weighted by atomic mass is 15.0. The third kappa shape index (κ3) is 4.74. The molecule has 4 aromatic heterocycles. The van der Waals surface area contributed by atoms with Crippen molar-refractivity contribution in [3.8, 4) is 56.5 Å². The van der Waals surface area contributed by atoms with Crippen LogP contribution < -0.4 is 0 Å². The molecule has 4 aromatic carbocycles. The minimum atomic E-state index is 0.555. The predicted octanol–water partition coefficient (Wildman–Crippen LogP) is 8.70. The molecule has 0 bridgehead atoms. The highest BCUT2D eigenvalue weighted by Crippen LogP contribution is 2.37. The Bertz CT molecular complexity index is 2210. The molecule has 6 nitrogen and oxygen atoms in total. The van der Waals surface area contributed by atoms with Gasteiger partial charge in [0, 0.05) is 52.4 Å². The summed E-state index contributed by atoms with van der Waals surface area (Å²) in [5, 5.41) is 3.45. The molecule has 0 saturated heterocycles. The molecule has 6 heteroatoms. The molecule has 0 aliphatic rings. The molecule has 0 saturated carbocycles. The molecule has 0 spiro atoms. The first-order chi connectivity index (χ1) is 21.8. The molecule has 206 valence electrons. The van der Waals surface area contributed by atoms with Gasteiger partial charge in [0.1, 0.15) is 0 Å². The largest absolute Gasteiger partial charge is 0.264 e. The van der Waals surface area contributed by atoms with Crippen molar-refractivity contribution < 1.29 is 0 Å². The molecule has 0 radical (unpaired) electrons. The van der Waals surface area contributed by atoms with Gasteiger partial charge in [-0.15, -0.1) is 0 Å². The summed E-state index contributed by atoms with van der Waals surface area (Å²) in [6, 6.07) is 41.3. The Balaban J connectivity index is 1.35. The van der Waals surface area contributed by atoms with Gasteiger partial charge in [0.2, 0.25) is 0 Å². The molecule has 0 aliphatic heterocycles. The van der Waals surface area contributed by atoms with Crippen LogP contribution in [0.4, 0.5) is 0 Å². The number of hydrogen-bond donors (Lipinski definition) is 0. The maximum atomic E-state index is 5.11. The lowest BCUT2D eigenvalue weighted by molar-refractivity contribution is 1.07. The maximum Gasteiger partial charge on any atom is 0.165 e. The Kier molecular flexibility index (Phi) is 6.35. The summed E-state index contributed by atoms with van der Waals surface area (Å²) in [6.07, 6.45) is 7.01. The first-order valence-corrected chi connectivity index (χ1v) is 14.4.